The number of hydrogen-bond donors (Lipinski definition) is 2. The largest absolute Gasteiger partial charge is 0.496 e. The van der Waals surface area contributed by atoms with Crippen LogP contribution in [0.1, 0.15) is 76.1 Å². The van der Waals surface area contributed by atoms with E-state index >= 15 is 0 Å². The van der Waals surface area contributed by atoms with Crippen molar-refractivity contribution in [2.45, 2.75) is 81.9 Å². The van der Waals surface area contributed by atoms with E-state index in [1.165, 1.54) is 7.11 Å². The number of nitrogens with one attached hydrogen (secondary N) is 2. The van der Waals surface area contributed by atoms with Gasteiger partial charge in [0.05, 0.1) is 30.9 Å². The van der Waals surface area contributed by atoms with E-state index < -0.39 is 26.9 Å². The summed E-state index contributed by atoms with van der Waals surface area (Å²) in [6, 6.07) is 13.2. The fourth-order valence-electron chi connectivity index (χ4n) is 4.90. The minimum absolute atomic E-state index is 0.0275. The highest BCUT2D eigenvalue weighted by atomic mass is 32.2. The standard InChI is InChI=1S/C28H40N2O5S/c1-7-9-15-28(8-2)19-36(32,33)24-16-21(18-29-27(3,4)26(31)35-6)23(34-5)17-22(24)25(30-28)20-13-11-10-12-14-20/h10-14,16-17,25,29-30H,7-9,15,18-19H2,1-6H3/t25-,28-/m1/s1. The summed E-state index contributed by atoms with van der Waals surface area (Å²) in [6.07, 6.45) is 3.40. The number of sulfone groups is 1. The zero-order valence-electron chi connectivity index (χ0n) is 22.3. The minimum Gasteiger partial charge on any atom is -0.496 e. The molecule has 0 fully saturated rings. The lowest BCUT2D eigenvalue weighted by molar-refractivity contribution is -0.147. The van der Waals surface area contributed by atoms with Gasteiger partial charge in [-0.2, -0.15) is 0 Å². The van der Waals surface area contributed by atoms with Gasteiger partial charge in [-0.25, -0.2) is 8.42 Å². The Hall–Kier alpha value is -2.42. The molecule has 2 atom stereocenters. The number of esters is 1. The van der Waals surface area contributed by atoms with Gasteiger partial charge in [0.15, 0.2) is 9.84 Å². The van der Waals surface area contributed by atoms with Crippen LogP contribution >= 0.6 is 0 Å². The van der Waals surface area contributed by atoms with Crippen molar-refractivity contribution in [2.75, 3.05) is 20.0 Å². The lowest BCUT2D eigenvalue weighted by Crippen LogP contribution is -2.50. The molecule has 8 heteroatoms. The smallest absolute Gasteiger partial charge is 0.325 e. The Morgan fingerprint density at radius 1 is 1.17 bits per heavy atom. The van der Waals surface area contributed by atoms with Crippen LogP contribution in [0.2, 0.25) is 0 Å². The summed E-state index contributed by atoms with van der Waals surface area (Å²) >= 11 is 0. The Balaban J connectivity index is 2.17. The summed E-state index contributed by atoms with van der Waals surface area (Å²) in [5.74, 6) is 0.193. The maximum Gasteiger partial charge on any atom is 0.325 e. The molecule has 0 aliphatic carbocycles. The second-order valence-corrected chi connectivity index (χ2v) is 12.1. The van der Waals surface area contributed by atoms with Crippen LogP contribution in [0.3, 0.4) is 0 Å². The van der Waals surface area contributed by atoms with Gasteiger partial charge in [-0.15, -0.1) is 0 Å². The van der Waals surface area contributed by atoms with Gasteiger partial charge in [0.2, 0.25) is 0 Å². The summed E-state index contributed by atoms with van der Waals surface area (Å²) in [4.78, 5) is 12.5. The number of unbranched alkanes of at least 4 members (excludes halogenated alkanes) is 1. The first-order valence-corrected chi connectivity index (χ1v) is 14.3. The normalized spacial score (nSPS) is 21.3. The molecule has 0 radical (unpaired) electrons. The van der Waals surface area contributed by atoms with E-state index in [0.717, 1.165) is 24.8 Å². The lowest BCUT2D eigenvalue weighted by Gasteiger charge is -2.36. The molecular formula is C28H40N2O5S. The van der Waals surface area contributed by atoms with Crippen LogP contribution in [0.4, 0.5) is 0 Å². The highest BCUT2D eigenvalue weighted by molar-refractivity contribution is 7.91. The maximum absolute atomic E-state index is 13.9. The number of methoxy groups -OCH3 is 2. The molecule has 1 aliphatic heterocycles. The number of carbonyl (C=O) groups is 1. The molecule has 0 amide bonds. The van der Waals surface area contributed by atoms with Gasteiger partial charge in [0.25, 0.3) is 0 Å². The molecule has 2 N–H and O–H groups in total. The molecule has 0 unspecified atom stereocenters. The average molecular weight is 517 g/mol. The Kier molecular flexibility index (Phi) is 8.85. The molecule has 0 saturated heterocycles. The van der Waals surface area contributed by atoms with Gasteiger partial charge in [-0.05, 0) is 49.9 Å². The maximum atomic E-state index is 13.9. The number of rotatable bonds is 10. The second-order valence-electron chi connectivity index (χ2n) is 10.2. The molecule has 0 spiro atoms. The highest BCUT2D eigenvalue weighted by Crippen LogP contribution is 2.41. The first kappa shape index (κ1) is 28.2. The first-order valence-electron chi connectivity index (χ1n) is 12.6. The molecular weight excluding hydrogens is 476 g/mol. The van der Waals surface area contributed by atoms with Crippen molar-refractivity contribution in [3.8, 4) is 5.75 Å². The SMILES string of the molecule is CCCC[C@]1(CC)CS(=O)(=O)c2cc(CNC(C)(C)C(=O)OC)c(OC)cc2[C@@H](c2ccccc2)N1. The Bertz CT molecular complexity index is 1160. The first-order chi connectivity index (χ1) is 17.0. The molecule has 1 aliphatic rings. The van der Waals surface area contributed by atoms with E-state index in [2.05, 4.69) is 24.5 Å². The molecule has 36 heavy (non-hydrogen) atoms. The van der Waals surface area contributed by atoms with E-state index in [1.807, 2.05) is 36.4 Å². The second kappa shape index (κ2) is 11.3. The summed E-state index contributed by atoms with van der Waals surface area (Å²) in [5.41, 5.74) is 0.858. The molecule has 7 nitrogen and oxygen atoms in total. The van der Waals surface area contributed by atoms with Gasteiger partial charge in [-0.3, -0.25) is 15.4 Å². The Morgan fingerprint density at radius 2 is 1.86 bits per heavy atom. The van der Waals surface area contributed by atoms with Gasteiger partial charge in [-0.1, -0.05) is 57.0 Å². The monoisotopic (exact) mass is 516 g/mol. The zero-order chi connectivity index (χ0) is 26.6. The topological polar surface area (TPSA) is 93.7 Å². The van der Waals surface area contributed by atoms with Gasteiger partial charge in [0, 0.05) is 17.6 Å². The Morgan fingerprint density at radius 3 is 2.44 bits per heavy atom. The van der Waals surface area contributed by atoms with Crippen LogP contribution in [0.5, 0.6) is 5.75 Å². The van der Waals surface area contributed by atoms with Gasteiger partial charge < -0.3 is 9.47 Å². The minimum atomic E-state index is -3.63. The third kappa shape index (κ3) is 5.93. The van der Waals surface area contributed by atoms with Crippen molar-refractivity contribution in [1.29, 1.82) is 0 Å². The quantitative estimate of drug-likeness (QED) is 0.448. The van der Waals surface area contributed by atoms with Gasteiger partial charge in [0.1, 0.15) is 11.3 Å². The van der Waals surface area contributed by atoms with Crippen molar-refractivity contribution in [1.82, 2.24) is 10.6 Å². The van der Waals surface area contributed by atoms with E-state index in [-0.39, 0.29) is 18.3 Å². The van der Waals surface area contributed by atoms with E-state index in [4.69, 9.17) is 9.47 Å². The number of benzene rings is 2. The summed E-state index contributed by atoms with van der Waals surface area (Å²) < 4.78 is 38.5. The van der Waals surface area contributed by atoms with Crippen LogP contribution in [0, 0.1) is 0 Å². The molecule has 3 rings (SSSR count). The molecule has 0 aromatic heterocycles. The van der Waals surface area contributed by atoms with Crippen molar-refractivity contribution < 1.29 is 22.7 Å². The lowest BCUT2D eigenvalue weighted by atomic mass is 9.88. The Labute approximate surface area is 215 Å². The third-order valence-electron chi connectivity index (χ3n) is 7.21. The molecule has 198 valence electrons. The fourth-order valence-corrected chi connectivity index (χ4v) is 7.07. The molecule has 2 aromatic carbocycles. The summed E-state index contributed by atoms with van der Waals surface area (Å²) in [6.45, 7) is 7.87. The molecule has 2 aromatic rings. The number of fused-ring (bicyclic) bond motifs is 1. The average Bonchev–Trinajstić information content (AvgIpc) is 2.97. The molecule has 1 heterocycles. The highest BCUT2D eigenvalue weighted by Gasteiger charge is 2.42. The van der Waals surface area contributed by atoms with Crippen molar-refractivity contribution in [3.63, 3.8) is 0 Å². The van der Waals surface area contributed by atoms with Crippen LogP contribution < -0.4 is 15.4 Å². The van der Waals surface area contributed by atoms with Gasteiger partial charge >= 0.3 is 5.97 Å². The number of ether oxygens (including phenoxy) is 2. The van der Waals surface area contributed by atoms with Crippen LogP contribution in [-0.4, -0.2) is 45.4 Å². The predicted octanol–water partition coefficient (Wildman–Crippen LogP) is 4.54. The van der Waals surface area contributed by atoms with Crippen molar-refractivity contribution in [3.05, 3.63) is 59.2 Å². The molecule has 0 saturated carbocycles. The third-order valence-corrected chi connectivity index (χ3v) is 9.17. The van der Waals surface area contributed by atoms with Crippen LogP contribution in [0.25, 0.3) is 0 Å². The predicted molar refractivity (Wildman–Crippen MR) is 142 cm³/mol. The van der Waals surface area contributed by atoms with Crippen LogP contribution in [0.15, 0.2) is 47.4 Å². The van der Waals surface area contributed by atoms with Crippen LogP contribution in [-0.2, 0) is 25.9 Å². The van der Waals surface area contributed by atoms with Crippen molar-refractivity contribution >= 4 is 15.8 Å². The van der Waals surface area contributed by atoms with E-state index in [0.29, 0.717) is 28.2 Å². The molecule has 0 bridgehead atoms. The summed E-state index contributed by atoms with van der Waals surface area (Å²) in [7, 11) is -0.712. The van der Waals surface area contributed by atoms with E-state index in [9.17, 15) is 13.2 Å². The zero-order valence-corrected chi connectivity index (χ0v) is 23.1. The number of carbonyl (C=O) groups excluding carboxylic acids is 1. The van der Waals surface area contributed by atoms with E-state index in [1.54, 1.807) is 27.0 Å². The number of hydrogen-bond acceptors (Lipinski definition) is 7. The van der Waals surface area contributed by atoms with Crippen molar-refractivity contribution in [2.24, 2.45) is 0 Å². The fraction of sp³-hybridized carbons (Fsp3) is 0.536. The summed E-state index contributed by atoms with van der Waals surface area (Å²) in [5, 5.41) is 6.96.